The van der Waals surface area contributed by atoms with E-state index in [-0.39, 0.29) is 25.8 Å². The van der Waals surface area contributed by atoms with Gasteiger partial charge in [0.25, 0.3) is 0 Å². The summed E-state index contributed by atoms with van der Waals surface area (Å²) in [7, 11) is -0.101. The second-order valence-electron chi connectivity index (χ2n) is 15.2. The molecule has 0 saturated carbocycles. The maximum Gasteiger partial charge on any atom is 0.453 e. The number of carbonyl (C=O) groups excluding carboxylic acids is 1. The maximum atomic E-state index is 12.7. The second kappa shape index (κ2) is 41.1. The summed E-state index contributed by atoms with van der Waals surface area (Å²) in [6, 6.07) is 0. The SMILES string of the molecule is CCCCCCCCCOB(C)OCCCCCCN(CCO)CCCCCCCC(=O)OC(CCCCCCCC)CCCCCCCC. The minimum Gasteiger partial charge on any atom is -0.462 e. The van der Waals surface area contributed by atoms with Gasteiger partial charge < -0.3 is 24.1 Å². The molecular weight excluding hydrogens is 621 g/mol. The lowest BCUT2D eigenvalue weighted by Crippen LogP contribution is -2.29. The molecule has 0 bridgehead atoms. The fourth-order valence-corrected chi connectivity index (χ4v) is 6.82. The highest BCUT2D eigenvalue weighted by atomic mass is 16.6. The summed E-state index contributed by atoms with van der Waals surface area (Å²) in [6.07, 6.45) is 37.6. The van der Waals surface area contributed by atoms with Crippen LogP contribution in [0, 0.1) is 0 Å². The number of ether oxygens (including phenoxy) is 1. The predicted octanol–water partition coefficient (Wildman–Crippen LogP) is 12.5. The number of carbonyl (C=O) groups is 1. The number of aliphatic hydroxyl groups is 1. The molecule has 50 heavy (non-hydrogen) atoms. The first-order valence-corrected chi connectivity index (χ1v) is 22.3. The Balaban J connectivity index is 3.94. The molecule has 0 aromatic heterocycles. The first kappa shape index (κ1) is 49.4. The van der Waals surface area contributed by atoms with Crippen LogP contribution in [0.2, 0.25) is 6.82 Å². The van der Waals surface area contributed by atoms with E-state index in [1.807, 2.05) is 6.82 Å². The molecule has 0 aromatic carbocycles. The molecule has 0 spiro atoms. The molecule has 0 unspecified atom stereocenters. The van der Waals surface area contributed by atoms with Crippen LogP contribution in [-0.2, 0) is 18.8 Å². The van der Waals surface area contributed by atoms with Crippen molar-refractivity contribution < 1.29 is 23.9 Å². The summed E-state index contributed by atoms with van der Waals surface area (Å²) < 4.78 is 17.7. The fraction of sp³-hybridized carbons (Fsp3) is 0.977. The molecule has 0 aliphatic carbocycles. The first-order valence-electron chi connectivity index (χ1n) is 22.3. The van der Waals surface area contributed by atoms with Crippen molar-refractivity contribution in [3.63, 3.8) is 0 Å². The number of rotatable bonds is 42. The van der Waals surface area contributed by atoms with E-state index < -0.39 is 0 Å². The Labute approximate surface area is 313 Å². The molecule has 0 heterocycles. The molecule has 0 aliphatic heterocycles. The highest BCUT2D eigenvalue weighted by molar-refractivity contribution is 6.42. The maximum absolute atomic E-state index is 12.7. The molecule has 0 aliphatic rings. The van der Waals surface area contributed by atoms with Gasteiger partial charge in [-0.25, -0.2) is 0 Å². The highest BCUT2D eigenvalue weighted by Gasteiger charge is 2.14. The Morgan fingerprint density at radius 3 is 1.34 bits per heavy atom. The van der Waals surface area contributed by atoms with Crippen LogP contribution in [0.1, 0.15) is 220 Å². The highest BCUT2D eigenvalue weighted by Crippen LogP contribution is 2.18. The van der Waals surface area contributed by atoms with Gasteiger partial charge in [-0.15, -0.1) is 0 Å². The Bertz CT molecular complexity index is 653. The summed E-state index contributed by atoms with van der Waals surface area (Å²) in [6.45, 7) is 13.5. The molecule has 0 fully saturated rings. The lowest BCUT2D eigenvalue weighted by molar-refractivity contribution is -0.150. The molecule has 0 atom stereocenters. The van der Waals surface area contributed by atoms with E-state index in [2.05, 4.69) is 25.7 Å². The van der Waals surface area contributed by atoms with Gasteiger partial charge in [0.2, 0.25) is 0 Å². The van der Waals surface area contributed by atoms with Gasteiger partial charge in [0.1, 0.15) is 6.10 Å². The van der Waals surface area contributed by atoms with Gasteiger partial charge in [-0.2, -0.15) is 0 Å². The minimum atomic E-state index is -0.101. The third-order valence-corrected chi connectivity index (χ3v) is 10.2. The van der Waals surface area contributed by atoms with E-state index in [1.54, 1.807) is 0 Å². The molecular formula is C43H88BNO5. The second-order valence-corrected chi connectivity index (χ2v) is 15.2. The van der Waals surface area contributed by atoms with Crippen LogP contribution < -0.4 is 0 Å². The van der Waals surface area contributed by atoms with E-state index in [9.17, 15) is 9.90 Å². The average molecular weight is 710 g/mol. The normalized spacial score (nSPS) is 11.7. The van der Waals surface area contributed by atoms with Crippen molar-refractivity contribution in [2.45, 2.75) is 233 Å². The standard InChI is InChI=1S/C43H88BNO5/c1-5-8-11-14-17-24-31-40-48-44(4)49-41-32-25-23-30-37-45(38-39-46)36-29-22-18-21-28-35-43(47)50-42(33-26-19-15-12-9-6-2)34-27-20-16-13-10-7-3/h42,46H,5-41H2,1-4H3. The number of esters is 1. The van der Waals surface area contributed by atoms with Gasteiger partial charge >= 0.3 is 13.1 Å². The fourth-order valence-electron chi connectivity index (χ4n) is 6.82. The largest absolute Gasteiger partial charge is 0.462 e. The van der Waals surface area contributed by atoms with Gasteiger partial charge in [-0.05, 0) is 77.7 Å². The van der Waals surface area contributed by atoms with Crippen LogP contribution in [0.25, 0.3) is 0 Å². The topological polar surface area (TPSA) is 68.2 Å². The van der Waals surface area contributed by atoms with Crippen molar-refractivity contribution in [1.29, 1.82) is 0 Å². The van der Waals surface area contributed by atoms with Gasteiger partial charge in [0.15, 0.2) is 0 Å². The summed E-state index contributed by atoms with van der Waals surface area (Å²) in [4.78, 5) is 15.1. The smallest absolute Gasteiger partial charge is 0.453 e. The van der Waals surface area contributed by atoms with Crippen LogP contribution in [-0.4, -0.2) is 68.7 Å². The van der Waals surface area contributed by atoms with Crippen LogP contribution in [0.15, 0.2) is 0 Å². The quantitative estimate of drug-likeness (QED) is 0.0387. The lowest BCUT2D eigenvalue weighted by Gasteiger charge is -2.21. The Kier molecular flexibility index (Phi) is 40.6. The minimum absolute atomic E-state index is 0.0225. The van der Waals surface area contributed by atoms with Gasteiger partial charge in [-0.3, -0.25) is 4.79 Å². The van der Waals surface area contributed by atoms with Crippen molar-refractivity contribution in [3.8, 4) is 0 Å². The number of hydrogen-bond donors (Lipinski definition) is 1. The lowest BCUT2D eigenvalue weighted by atomic mass is 9.95. The van der Waals surface area contributed by atoms with E-state index in [0.29, 0.717) is 6.42 Å². The Hall–Kier alpha value is -0.625. The zero-order valence-electron chi connectivity index (χ0n) is 34.3. The summed E-state index contributed by atoms with van der Waals surface area (Å²) in [5.41, 5.74) is 0. The van der Waals surface area contributed by atoms with E-state index in [0.717, 1.165) is 77.8 Å². The van der Waals surface area contributed by atoms with Crippen molar-refractivity contribution >= 4 is 13.1 Å². The van der Waals surface area contributed by atoms with E-state index >= 15 is 0 Å². The number of aliphatic hydroxyl groups excluding tert-OH is 1. The van der Waals surface area contributed by atoms with E-state index in [1.165, 1.54) is 148 Å². The van der Waals surface area contributed by atoms with Crippen molar-refractivity contribution in [3.05, 3.63) is 0 Å². The van der Waals surface area contributed by atoms with Crippen LogP contribution in [0.3, 0.4) is 0 Å². The summed E-state index contributed by atoms with van der Waals surface area (Å²) in [5.74, 6) is 0.0225. The van der Waals surface area contributed by atoms with Crippen molar-refractivity contribution in [2.75, 3.05) is 39.5 Å². The van der Waals surface area contributed by atoms with Gasteiger partial charge in [0.05, 0.1) is 6.61 Å². The Morgan fingerprint density at radius 1 is 0.520 bits per heavy atom. The third-order valence-electron chi connectivity index (χ3n) is 10.2. The summed E-state index contributed by atoms with van der Waals surface area (Å²) in [5, 5.41) is 9.55. The third kappa shape index (κ3) is 37.1. The molecule has 7 heteroatoms. The predicted molar refractivity (Wildman–Crippen MR) is 217 cm³/mol. The molecule has 0 aromatic rings. The van der Waals surface area contributed by atoms with E-state index in [4.69, 9.17) is 14.0 Å². The molecule has 0 amide bonds. The molecule has 0 radical (unpaired) electrons. The van der Waals surface area contributed by atoms with Gasteiger partial charge in [-0.1, -0.05) is 156 Å². The molecule has 0 rings (SSSR count). The monoisotopic (exact) mass is 710 g/mol. The average Bonchev–Trinajstić information content (AvgIpc) is 3.11. The van der Waals surface area contributed by atoms with Crippen molar-refractivity contribution in [2.24, 2.45) is 0 Å². The summed E-state index contributed by atoms with van der Waals surface area (Å²) >= 11 is 0. The Morgan fingerprint density at radius 2 is 0.900 bits per heavy atom. The van der Waals surface area contributed by atoms with Gasteiger partial charge in [0, 0.05) is 26.2 Å². The molecule has 298 valence electrons. The number of hydrogen-bond acceptors (Lipinski definition) is 6. The number of nitrogens with zero attached hydrogens (tertiary/aromatic N) is 1. The van der Waals surface area contributed by atoms with Crippen molar-refractivity contribution in [1.82, 2.24) is 4.90 Å². The molecule has 6 nitrogen and oxygen atoms in total. The van der Waals surface area contributed by atoms with Crippen LogP contribution in [0.5, 0.6) is 0 Å². The molecule has 1 N–H and O–H groups in total. The zero-order chi connectivity index (χ0) is 36.6. The van der Waals surface area contributed by atoms with Crippen LogP contribution in [0.4, 0.5) is 0 Å². The number of unbranched alkanes of at least 4 members (excludes halogenated alkanes) is 23. The zero-order valence-corrected chi connectivity index (χ0v) is 34.3. The molecule has 0 saturated heterocycles. The van der Waals surface area contributed by atoms with Crippen LogP contribution >= 0.6 is 0 Å². The first-order chi connectivity index (χ1) is 24.6.